The first kappa shape index (κ1) is 17.1. The number of anilines is 1. The van der Waals surface area contributed by atoms with Crippen LogP contribution < -0.4 is 4.90 Å². The van der Waals surface area contributed by atoms with Crippen LogP contribution in [0.25, 0.3) is 16.7 Å². The summed E-state index contributed by atoms with van der Waals surface area (Å²) in [4.78, 5) is 31.6. The molecule has 0 bridgehead atoms. The Morgan fingerprint density at radius 1 is 1.15 bits per heavy atom. The highest BCUT2D eigenvalue weighted by atomic mass is 16.7. The number of aromatic nitrogens is 1. The van der Waals surface area contributed by atoms with Gasteiger partial charge in [0.25, 0.3) is 0 Å². The van der Waals surface area contributed by atoms with Crippen molar-refractivity contribution in [2.45, 2.75) is 12.5 Å². The van der Waals surface area contributed by atoms with E-state index < -0.39 is 6.04 Å². The van der Waals surface area contributed by atoms with E-state index in [9.17, 15) is 9.59 Å². The van der Waals surface area contributed by atoms with E-state index in [1.807, 2.05) is 71.2 Å². The topological polar surface area (TPSA) is 54.8 Å². The molecule has 0 aliphatic carbocycles. The number of benzene rings is 2. The van der Waals surface area contributed by atoms with Crippen LogP contribution in [-0.4, -0.2) is 35.6 Å². The number of amides is 1. The van der Waals surface area contributed by atoms with Crippen molar-refractivity contribution in [3.8, 4) is 0 Å². The van der Waals surface area contributed by atoms with E-state index in [-0.39, 0.29) is 18.1 Å². The molecule has 0 N–H and O–H groups in total. The van der Waals surface area contributed by atoms with Crippen molar-refractivity contribution < 1.29 is 14.4 Å². The molecule has 4 rings (SSSR count). The maximum absolute atomic E-state index is 12.9. The van der Waals surface area contributed by atoms with Gasteiger partial charge in [0.15, 0.2) is 5.94 Å². The lowest BCUT2D eigenvalue weighted by Gasteiger charge is -2.25. The molecule has 1 aliphatic rings. The molecule has 0 saturated heterocycles. The van der Waals surface area contributed by atoms with Crippen molar-refractivity contribution in [3.05, 3.63) is 66.4 Å². The summed E-state index contributed by atoms with van der Waals surface area (Å²) < 4.78 is 1.81. The van der Waals surface area contributed by atoms with E-state index in [0.29, 0.717) is 0 Å². The fourth-order valence-corrected chi connectivity index (χ4v) is 3.61. The van der Waals surface area contributed by atoms with E-state index in [0.717, 1.165) is 22.3 Å². The average molecular weight is 361 g/mol. The van der Waals surface area contributed by atoms with Gasteiger partial charge in [-0.05, 0) is 24.3 Å². The number of carbonyl (C=O) groups excluding carboxylic acids is 2. The summed E-state index contributed by atoms with van der Waals surface area (Å²) in [5.74, 6) is 2.16. The van der Waals surface area contributed by atoms with Gasteiger partial charge in [0, 0.05) is 18.1 Å². The van der Waals surface area contributed by atoms with Crippen LogP contribution in [0.15, 0.2) is 60.7 Å². The van der Waals surface area contributed by atoms with Crippen molar-refractivity contribution in [2.75, 3.05) is 19.1 Å². The Balaban J connectivity index is 1.72. The SMILES string of the molecule is CON1C(=C=O)n2c(cc3ccccc32)C1CC(=O)N(C)c1ccccc1. The number of para-hydroxylation sites is 2. The molecular weight excluding hydrogens is 342 g/mol. The number of carbonyl (C=O) groups is 1. The van der Waals surface area contributed by atoms with Gasteiger partial charge < -0.3 is 4.90 Å². The van der Waals surface area contributed by atoms with Crippen molar-refractivity contribution in [2.24, 2.45) is 0 Å². The van der Waals surface area contributed by atoms with Gasteiger partial charge in [0.2, 0.25) is 11.7 Å². The highest BCUT2D eigenvalue weighted by molar-refractivity contribution is 5.95. The van der Waals surface area contributed by atoms with E-state index in [4.69, 9.17) is 4.84 Å². The van der Waals surface area contributed by atoms with Crippen molar-refractivity contribution in [1.82, 2.24) is 9.63 Å². The second kappa shape index (κ2) is 6.76. The Kier molecular flexibility index (Phi) is 4.28. The van der Waals surface area contributed by atoms with Crippen LogP contribution in [0.1, 0.15) is 18.2 Å². The second-order valence-corrected chi connectivity index (χ2v) is 6.41. The Morgan fingerprint density at radius 3 is 2.56 bits per heavy atom. The quantitative estimate of drug-likeness (QED) is 0.670. The maximum atomic E-state index is 12.9. The van der Waals surface area contributed by atoms with E-state index in [2.05, 4.69) is 0 Å². The molecule has 2 aromatic carbocycles. The molecule has 0 spiro atoms. The Bertz CT molecular complexity index is 1050. The standard InChI is InChI=1S/C21H19N3O3/c1-22(16-9-4-3-5-10-16)21(26)13-19-18-12-15-8-6-7-11-17(15)23(18)20(14-25)24(19)27-2/h3-12,19H,13H2,1-2H3. The maximum Gasteiger partial charge on any atom is 0.229 e. The van der Waals surface area contributed by atoms with Crippen LogP contribution in [0.5, 0.6) is 0 Å². The third-order valence-electron chi connectivity index (χ3n) is 4.96. The van der Waals surface area contributed by atoms with Gasteiger partial charge in [-0.2, -0.15) is 0 Å². The van der Waals surface area contributed by atoms with Gasteiger partial charge in [-0.25, -0.2) is 9.86 Å². The van der Waals surface area contributed by atoms with Crippen molar-refractivity contribution in [1.29, 1.82) is 0 Å². The van der Waals surface area contributed by atoms with E-state index in [1.165, 1.54) is 12.2 Å². The third-order valence-corrected chi connectivity index (χ3v) is 4.96. The minimum Gasteiger partial charge on any atom is -0.315 e. The number of hydrogen-bond acceptors (Lipinski definition) is 4. The molecular formula is C21H19N3O3. The highest BCUT2D eigenvalue weighted by Crippen LogP contribution is 2.41. The fraction of sp³-hybridized carbons (Fsp3) is 0.190. The first-order valence-corrected chi connectivity index (χ1v) is 8.66. The molecule has 6 nitrogen and oxygen atoms in total. The third kappa shape index (κ3) is 2.72. The predicted molar refractivity (Wildman–Crippen MR) is 103 cm³/mol. The average Bonchev–Trinajstić information content (AvgIpc) is 3.22. The molecule has 2 heterocycles. The summed E-state index contributed by atoms with van der Waals surface area (Å²) >= 11 is 0. The molecule has 1 aromatic heterocycles. The Morgan fingerprint density at radius 2 is 1.85 bits per heavy atom. The normalized spacial score (nSPS) is 15.7. The zero-order valence-electron chi connectivity index (χ0n) is 15.1. The van der Waals surface area contributed by atoms with Crippen LogP contribution in [-0.2, 0) is 14.4 Å². The monoisotopic (exact) mass is 361 g/mol. The van der Waals surface area contributed by atoms with Crippen LogP contribution in [0, 0.1) is 0 Å². The second-order valence-electron chi connectivity index (χ2n) is 6.41. The van der Waals surface area contributed by atoms with Crippen LogP contribution >= 0.6 is 0 Å². The summed E-state index contributed by atoms with van der Waals surface area (Å²) in [5.41, 5.74) is 2.54. The number of hydrogen-bond donors (Lipinski definition) is 0. The van der Waals surface area contributed by atoms with Gasteiger partial charge in [-0.15, -0.1) is 0 Å². The molecule has 3 aromatic rings. The molecule has 1 amide bonds. The zero-order chi connectivity index (χ0) is 19.0. The van der Waals surface area contributed by atoms with Crippen molar-refractivity contribution in [3.63, 3.8) is 0 Å². The minimum absolute atomic E-state index is 0.0720. The highest BCUT2D eigenvalue weighted by Gasteiger charge is 2.39. The predicted octanol–water partition coefficient (Wildman–Crippen LogP) is 3.24. The van der Waals surface area contributed by atoms with E-state index in [1.54, 1.807) is 11.9 Å². The fourth-order valence-electron chi connectivity index (χ4n) is 3.61. The number of nitrogens with zero attached hydrogens (tertiary/aromatic N) is 3. The molecule has 0 saturated carbocycles. The summed E-state index contributed by atoms with van der Waals surface area (Å²) in [6.07, 6.45) is 0.167. The summed E-state index contributed by atoms with van der Waals surface area (Å²) in [5, 5.41) is 2.47. The number of rotatable bonds is 4. The molecule has 0 radical (unpaired) electrons. The molecule has 0 fully saturated rings. The lowest BCUT2D eigenvalue weighted by molar-refractivity contribution is -0.129. The minimum atomic E-state index is -0.405. The molecule has 27 heavy (non-hydrogen) atoms. The van der Waals surface area contributed by atoms with Gasteiger partial charge in [-0.3, -0.25) is 14.2 Å². The summed E-state index contributed by atoms with van der Waals surface area (Å²) in [6.45, 7) is 0. The van der Waals surface area contributed by atoms with Gasteiger partial charge in [-0.1, -0.05) is 36.4 Å². The van der Waals surface area contributed by atoms with Crippen LogP contribution in [0.4, 0.5) is 5.69 Å². The lowest BCUT2D eigenvalue weighted by Crippen LogP contribution is -2.31. The molecule has 136 valence electrons. The Labute approximate surface area is 156 Å². The van der Waals surface area contributed by atoms with Crippen molar-refractivity contribution >= 4 is 34.3 Å². The summed E-state index contributed by atoms with van der Waals surface area (Å²) in [6, 6.07) is 18.8. The van der Waals surface area contributed by atoms with Crippen LogP contribution in [0.2, 0.25) is 0 Å². The molecule has 1 aliphatic heterocycles. The number of hydroxylamine groups is 2. The smallest absolute Gasteiger partial charge is 0.229 e. The largest absolute Gasteiger partial charge is 0.315 e. The number of fused-ring (bicyclic) bond motifs is 3. The first-order valence-electron chi connectivity index (χ1n) is 8.66. The van der Waals surface area contributed by atoms with Gasteiger partial charge in [0.1, 0.15) is 6.04 Å². The Hall–Kier alpha value is -3.34. The lowest BCUT2D eigenvalue weighted by atomic mass is 10.1. The van der Waals surface area contributed by atoms with Gasteiger partial charge >= 0.3 is 0 Å². The molecule has 6 heteroatoms. The zero-order valence-corrected chi connectivity index (χ0v) is 15.1. The van der Waals surface area contributed by atoms with Gasteiger partial charge in [0.05, 0.1) is 24.7 Å². The summed E-state index contributed by atoms with van der Waals surface area (Å²) in [7, 11) is 3.24. The first-order chi connectivity index (χ1) is 13.2. The molecule has 1 atom stereocenters. The van der Waals surface area contributed by atoms with E-state index >= 15 is 0 Å². The molecule has 1 unspecified atom stereocenters. The van der Waals surface area contributed by atoms with Crippen LogP contribution in [0.3, 0.4) is 0 Å².